The van der Waals surface area contributed by atoms with E-state index < -0.39 is 6.10 Å². The zero-order valence-corrected chi connectivity index (χ0v) is 20.4. The van der Waals surface area contributed by atoms with E-state index in [0.29, 0.717) is 6.61 Å². The average molecular weight is 431 g/mol. The van der Waals surface area contributed by atoms with Crippen LogP contribution in [0, 0.1) is 5.92 Å². The molecule has 0 aromatic heterocycles. The normalized spacial score (nSPS) is 13.6. The monoisotopic (exact) mass is 430 g/mol. The first-order valence-electron chi connectivity index (χ1n) is 13.1. The van der Waals surface area contributed by atoms with Crippen LogP contribution in [0.2, 0.25) is 0 Å². The van der Waals surface area contributed by atoms with E-state index in [4.69, 9.17) is 9.47 Å². The van der Waals surface area contributed by atoms with Gasteiger partial charge in [-0.3, -0.25) is 0 Å². The fourth-order valence-corrected chi connectivity index (χ4v) is 4.12. The number of hydrogen-bond acceptors (Lipinski definition) is 4. The second kappa shape index (κ2) is 25.1. The molecule has 30 heavy (non-hydrogen) atoms. The molecule has 0 aromatic rings. The van der Waals surface area contributed by atoms with Crippen LogP contribution in [0.3, 0.4) is 0 Å². The summed E-state index contributed by atoms with van der Waals surface area (Å²) in [6.45, 7) is 4.46. The minimum absolute atomic E-state index is 0.148. The Morgan fingerprint density at radius 1 is 0.600 bits per heavy atom. The Morgan fingerprint density at radius 3 is 1.50 bits per heavy atom. The van der Waals surface area contributed by atoms with Gasteiger partial charge in [0.25, 0.3) is 0 Å². The van der Waals surface area contributed by atoms with Gasteiger partial charge in [-0.1, -0.05) is 90.4 Å². The Hall–Kier alpha value is -0.160. The molecule has 0 spiro atoms. The largest absolute Gasteiger partial charge is 0.394 e. The van der Waals surface area contributed by atoms with Crippen molar-refractivity contribution >= 4 is 0 Å². The van der Waals surface area contributed by atoms with Crippen molar-refractivity contribution in [1.29, 1.82) is 0 Å². The second-order valence-electron chi connectivity index (χ2n) is 9.00. The van der Waals surface area contributed by atoms with Gasteiger partial charge in [0.2, 0.25) is 0 Å². The van der Waals surface area contributed by atoms with Crippen molar-refractivity contribution in [2.24, 2.45) is 5.92 Å². The fraction of sp³-hybridized carbons (Fsp3) is 1.00. The summed E-state index contributed by atoms with van der Waals surface area (Å²) in [6, 6.07) is 0. The highest BCUT2D eigenvalue weighted by Gasteiger charge is 2.17. The molecule has 0 rings (SSSR count). The molecule has 0 radical (unpaired) electrons. The lowest BCUT2D eigenvalue weighted by Crippen LogP contribution is -2.25. The molecule has 0 aliphatic heterocycles. The molecule has 2 atom stereocenters. The molecule has 2 unspecified atom stereocenters. The number of rotatable bonds is 25. The summed E-state index contributed by atoms with van der Waals surface area (Å²) in [7, 11) is 1.70. The lowest BCUT2D eigenvalue weighted by atomic mass is 9.92. The first-order valence-corrected chi connectivity index (χ1v) is 13.1. The third-order valence-electron chi connectivity index (χ3n) is 6.16. The molecular weight excluding hydrogens is 376 g/mol. The van der Waals surface area contributed by atoms with Gasteiger partial charge in [0.15, 0.2) is 0 Å². The predicted octanol–water partition coefficient (Wildman–Crippen LogP) is 6.66. The van der Waals surface area contributed by atoms with Crippen LogP contribution in [-0.2, 0) is 9.47 Å². The van der Waals surface area contributed by atoms with Gasteiger partial charge < -0.3 is 19.7 Å². The van der Waals surface area contributed by atoms with E-state index in [9.17, 15) is 10.2 Å². The van der Waals surface area contributed by atoms with Crippen molar-refractivity contribution in [1.82, 2.24) is 0 Å². The minimum Gasteiger partial charge on any atom is -0.394 e. The predicted molar refractivity (Wildman–Crippen MR) is 128 cm³/mol. The van der Waals surface area contributed by atoms with Crippen molar-refractivity contribution in [3.63, 3.8) is 0 Å². The number of methoxy groups -OCH3 is 1. The maximum atomic E-state index is 9.93. The third-order valence-corrected chi connectivity index (χ3v) is 6.16. The highest BCUT2D eigenvalue weighted by Crippen LogP contribution is 2.18. The molecule has 4 nitrogen and oxygen atoms in total. The molecule has 0 aliphatic rings. The van der Waals surface area contributed by atoms with Crippen molar-refractivity contribution in [2.75, 3.05) is 33.5 Å². The number of aliphatic hydroxyl groups excluding tert-OH is 2. The van der Waals surface area contributed by atoms with Gasteiger partial charge in [-0.15, -0.1) is 0 Å². The van der Waals surface area contributed by atoms with E-state index in [1.54, 1.807) is 7.11 Å². The maximum Gasteiger partial charge on any atom is 0.0799 e. The molecular formula is C26H54O4. The Balaban J connectivity index is 3.31. The van der Waals surface area contributed by atoms with E-state index in [1.807, 2.05) is 0 Å². The van der Waals surface area contributed by atoms with Gasteiger partial charge >= 0.3 is 0 Å². The summed E-state index contributed by atoms with van der Waals surface area (Å²) >= 11 is 0. The average Bonchev–Trinajstić information content (AvgIpc) is 2.76. The van der Waals surface area contributed by atoms with Gasteiger partial charge in [-0.25, -0.2) is 0 Å². The van der Waals surface area contributed by atoms with Crippen LogP contribution >= 0.6 is 0 Å². The molecule has 182 valence electrons. The molecule has 2 N–H and O–H groups in total. The Labute approximate surface area is 188 Å². The van der Waals surface area contributed by atoms with E-state index in [0.717, 1.165) is 45.3 Å². The number of ether oxygens (including phenoxy) is 2. The SMILES string of the molecule is CCCCCCCCCCCCCCCCOCCCC(CCCOC)C(O)CO. The summed E-state index contributed by atoms with van der Waals surface area (Å²) in [5.74, 6) is 0.148. The Bertz CT molecular complexity index is 311. The van der Waals surface area contributed by atoms with E-state index in [1.165, 1.54) is 83.5 Å². The zero-order valence-electron chi connectivity index (χ0n) is 20.4. The van der Waals surface area contributed by atoms with Crippen LogP contribution in [0.5, 0.6) is 0 Å². The standard InChI is InChI=1S/C26H54O4/c1-3-4-5-6-7-8-9-10-11-12-13-14-15-16-22-30-23-18-20-25(26(28)24-27)19-17-21-29-2/h25-28H,3-24H2,1-2H3. The van der Waals surface area contributed by atoms with Gasteiger partial charge in [-0.05, 0) is 38.0 Å². The number of hydrogen-bond donors (Lipinski definition) is 2. The summed E-state index contributed by atoms with van der Waals surface area (Å²) in [5.41, 5.74) is 0. The van der Waals surface area contributed by atoms with Gasteiger partial charge in [0.05, 0.1) is 12.7 Å². The molecule has 0 bridgehead atoms. The molecule has 0 heterocycles. The van der Waals surface area contributed by atoms with E-state index in [-0.39, 0.29) is 12.5 Å². The molecule has 0 saturated heterocycles. The molecule has 0 aromatic carbocycles. The number of unbranched alkanes of at least 4 members (excludes halogenated alkanes) is 13. The molecule has 4 heteroatoms. The topological polar surface area (TPSA) is 58.9 Å². The quantitative estimate of drug-likeness (QED) is 0.159. The van der Waals surface area contributed by atoms with Crippen LogP contribution in [0.15, 0.2) is 0 Å². The van der Waals surface area contributed by atoms with Gasteiger partial charge in [-0.2, -0.15) is 0 Å². The minimum atomic E-state index is -0.618. The molecule has 0 fully saturated rings. The summed E-state index contributed by atoms with van der Waals surface area (Å²) in [6.07, 6.45) is 22.4. The number of aliphatic hydroxyl groups is 2. The highest BCUT2D eigenvalue weighted by atomic mass is 16.5. The van der Waals surface area contributed by atoms with Crippen molar-refractivity contribution in [2.45, 2.75) is 129 Å². The Morgan fingerprint density at radius 2 is 1.03 bits per heavy atom. The van der Waals surface area contributed by atoms with Crippen LogP contribution in [0.25, 0.3) is 0 Å². The fourth-order valence-electron chi connectivity index (χ4n) is 4.12. The van der Waals surface area contributed by atoms with Gasteiger partial charge in [0.1, 0.15) is 0 Å². The van der Waals surface area contributed by atoms with Crippen LogP contribution < -0.4 is 0 Å². The van der Waals surface area contributed by atoms with Crippen molar-refractivity contribution < 1.29 is 19.7 Å². The van der Waals surface area contributed by atoms with Crippen LogP contribution in [0.1, 0.15) is 122 Å². The van der Waals surface area contributed by atoms with Crippen molar-refractivity contribution in [3.8, 4) is 0 Å². The summed E-state index contributed by atoms with van der Waals surface area (Å²) < 4.78 is 10.8. The zero-order chi connectivity index (χ0) is 22.1. The third kappa shape index (κ3) is 21.1. The smallest absolute Gasteiger partial charge is 0.0799 e. The summed E-state index contributed by atoms with van der Waals surface area (Å²) in [4.78, 5) is 0. The lowest BCUT2D eigenvalue weighted by molar-refractivity contribution is 0.0310. The lowest BCUT2D eigenvalue weighted by Gasteiger charge is -2.21. The van der Waals surface area contributed by atoms with E-state index in [2.05, 4.69) is 6.92 Å². The molecule has 0 aliphatic carbocycles. The first-order chi connectivity index (χ1) is 14.8. The maximum absolute atomic E-state index is 9.93. The van der Waals surface area contributed by atoms with Crippen LogP contribution in [0.4, 0.5) is 0 Å². The first kappa shape index (κ1) is 29.8. The Kier molecular flexibility index (Phi) is 25.0. The van der Waals surface area contributed by atoms with E-state index >= 15 is 0 Å². The van der Waals surface area contributed by atoms with Gasteiger partial charge in [0, 0.05) is 26.9 Å². The van der Waals surface area contributed by atoms with Crippen molar-refractivity contribution in [3.05, 3.63) is 0 Å². The summed E-state index contributed by atoms with van der Waals surface area (Å²) in [5, 5.41) is 19.1. The molecule has 0 amide bonds. The highest BCUT2D eigenvalue weighted by molar-refractivity contribution is 4.68. The molecule has 0 saturated carbocycles. The van der Waals surface area contributed by atoms with Crippen LogP contribution in [-0.4, -0.2) is 49.9 Å². The second-order valence-corrected chi connectivity index (χ2v) is 9.00.